The van der Waals surface area contributed by atoms with Gasteiger partial charge in [0.15, 0.2) is 0 Å². The molecule has 0 atom stereocenters. The molecule has 9 nitrogen and oxygen atoms in total. The van der Waals surface area contributed by atoms with E-state index in [1.807, 2.05) is 43.9 Å². The summed E-state index contributed by atoms with van der Waals surface area (Å²) in [6, 6.07) is 9.73. The number of aryl methyl sites for hydroxylation is 3. The molecule has 0 spiro atoms. The molecule has 0 fully saturated rings. The van der Waals surface area contributed by atoms with E-state index in [-0.39, 0.29) is 18.0 Å². The third-order valence-corrected chi connectivity index (χ3v) is 7.16. The second-order valence-corrected chi connectivity index (χ2v) is 10.2. The standard InChI is InChI=1S/C27H30ClN7O2.CH4/c1-17-13-23(33(4)12-11-32(2)3)24(35(36)37)14-22(17)30-27-29-15-21(28)25(31-27)20-16-34-10-6-8-18-7-5-9-19(20)26(18)34;/h5,7,9,13-16H,6,8,10-12H2,1-4H3,(H,29,30,31);1H4. The third-order valence-electron chi connectivity index (χ3n) is 6.88. The van der Waals surface area contributed by atoms with Crippen LogP contribution in [-0.4, -0.2) is 58.6 Å². The molecule has 5 rings (SSSR count). The number of halogens is 1. The zero-order chi connectivity index (χ0) is 26.3. The number of hydrogen-bond acceptors (Lipinski definition) is 7. The summed E-state index contributed by atoms with van der Waals surface area (Å²) >= 11 is 6.59. The van der Waals surface area contributed by atoms with Crippen molar-refractivity contribution in [1.29, 1.82) is 0 Å². The molecule has 1 N–H and O–H groups in total. The molecule has 200 valence electrons. The molecule has 4 aromatic rings. The normalized spacial score (nSPS) is 12.5. The van der Waals surface area contributed by atoms with E-state index in [0.29, 0.717) is 34.6 Å². The molecule has 0 radical (unpaired) electrons. The third kappa shape index (κ3) is 5.16. The van der Waals surface area contributed by atoms with E-state index in [9.17, 15) is 10.1 Å². The Morgan fingerprint density at radius 1 is 1.21 bits per heavy atom. The van der Waals surface area contributed by atoms with Crippen molar-refractivity contribution in [2.75, 3.05) is 44.4 Å². The summed E-state index contributed by atoms with van der Waals surface area (Å²) in [6.07, 6.45) is 5.85. The predicted molar refractivity (Wildman–Crippen MR) is 156 cm³/mol. The lowest BCUT2D eigenvalue weighted by atomic mass is 10.0. The van der Waals surface area contributed by atoms with Crippen molar-refractivity contribution in [1.82, 2.24) is 19.4 Å². The van der Waals surface area contributed by atoms with Gasteiger partial charge in [0.1, 0.15) is 5.69 Å². The molecule has 1 aliphatic heterocycles. The zero-order valence-corrected chi connectivity index (χ0v) is 22.2. The van der Waals surface area contributed by atoms with Crippen LogP contribution >= 0.6 is 11.6 Å². The maximum absolute atomic E-state index is 11.9. The molecule has 2 aromatic heterocycles. The van der Waals surface area contributed by atoms with Gasteiger partial charge in [-0.25, -0.2) is 9.97 Å². The first-order chi connectivity index (χ1) is 17.7. The Balaban J connectivity index is 0.00000336. The van der Waals surface area contributed by atoms with Gasteiger partial charge in [-0.15, -0.1) is 0 Å². The first-order valence-corrected chi connectivity index (χ1v) is 12.7. The van der Waals surface area contributed by atoms with E-state index in [2.05, 4.69) is 39.3 Å². The summed E-state index contributed by atoms with van der Waals surface area (Å²) < 4.78 is 2.27. The van der Waals surface area contributed by atoms with Crippen molar-refractivity contribution < 1.29 is 4.92 Å². The first kappa shape index (κ1) is 27.3. The smallest absolute Gasteiger partial charge is 0.294 e. The number of anilines is 3. The number of hydrogen-bond donors (Lipinski definition) is 1. The highest BCUT2D eigenvalue weighted by atomic mass is 35.5. The van der Waals surface area contributed by atoms with Crippen LogP contribution < -0.4 is 10.2 Å². The number of nitrogens with zero attached hydrogens (tertiary/aromatic N) is 6. The quantitative estimate of drug-likeness (QED) is 0.209. The average molecular weight is 536 g/mol. The highest BCUT2D eigenvalue weighted by Crippen LogP contribution is 2.38. The van der Waals surface area contributed by atoms with Crippen LogP contribution in [0.4, 0.5) is 23.0 Å². The summed E-state index contributed by atoms with van der Waals surface area (Å²) in [6.45, 7) is 4.32. The van der Waals surface area contributed by atoms with E-state index in [1.54, 1.807) is 12.3 Å². The van der Waals surface area contributed by atoms with Gasteiger partial charge in [-0.05, 0) is 51.1 Å². The summed E-state index contributed by atoms with van der Waals surface area (Å²) in [7, 11) is 5.82. The van der Waals surface area contributed by atoms with Gasteiger partial charge in [0.05, 0.1) is 33.0 Å². The molecule has 1 aliphatic rings. The van der Waals surface area contributed by atoms with Gasteiger partial charge in [-0.1, -0.05) is 37.2 Å². The van der Waals surface area contributed by atoms with Gasteiger partial charge in [-0.2, -0.15) is 0 Å². The summed E-state index contributed by atoms with van der Waals surface area (Å²) in [4.78, 5) is 24.7. The highest BCUT2D eigenvalue weighted by Gasteiger charge is 2.22. The predicted octanol–water partition coefficient (Wildman–Crippen LogP) is 6.29. The minimum Gasteiger partial charge on any atom is -0.368 e. The fourth-order valence-electron chi connectivity index (χ4n) is 4.92. The Morgan fingerprint density at radius 2 is 2.00 bits per heavy atom. The molecule has 0 bridgehead atoms. The van der Waals surface area contributed by atoms with Crippen molar-refractivity contribution in [2.24, 2.45) is 0 Å². The molecule has 10 heteroatoms. The summed E-state index contributed by atoms with van der Waals surface area (Å²) in [5.41, 5.74) is 6.17. The van der Waals surface area contributed by atoms with E-state index in [4.69, 9.17) is 16.6 Å². The van der Waals surface area contributed by atoms with E-state index < -0.39 is 0 Å². The number of likely N-dealkylation sites (N-methyl/N-ethyl adjacent to an activating group) is 2. The van der Waals surface area contributed by atoms with E-state index >= 15 is 0 Å². The Labute approximate surface area is 228 Å². The Hall–Kier alpha value is -3.69. The van der Waals surface area contributed by atoms with Gasteiger partial charge < -0.3 is 19.7 Å². The lowest BCUT2D eigenvalue weighted by molar-refractivity contribution is -0.384. The fourth-order valence-corrected chi connectivity index (χ4v) is 5.11. The Kier molecular flexibility index (Phi) is 7.89. The number of nitro benzene ring substituents is 1. The van der Waals surface area contributed by atoms with Crippen LogP contribution in [0, 0.1) is 17.0 Å². The van der Waals surface area contributed by atoms with E-state index in [1.165, 1.54) is 11.1 Å². The topological polar surface area (TPSA) is 92.4 Å². The highest BCUT2D eigenvalue weighted by molar-refractivity contribution is 6.33. The monoisotopic (exact) mass is 535 g/mol. The molecular weight excluding hydrogens is 502 g/mol. The van der Waals surface area contributed by atoms with Crippen molar-refractivity contribution >= 4 is 45.5 Å². The number of benzene rings is 2. The number of para-hydroxylation sites is 1. The van der Waals surface area contributed by atoms with Crippen molar-refractivity contribution in [3.05, 3.63) is 69.0 Å². The molecule has 0 saturated heterocycles. The summed E-state index contributed by atoms with van der Waals surface area (Å²) in [5.74, 6) is 0.331. The van der Waals surface area contributed by atoms with Gasteiger partial charge in [0.25, 0.3) is 5.69 Å². The van der Waals surface area contributed by atoms with Gasteiger partial charge >= 0.3 is 0 Å². The van der Waals surface area contributed by atoms with Crippen LogP contribution in [0.5, 0.6) is 0 Å². The van der Waals surface area contributed by atoms with Crippen molar-refractivity contribution in [3.8, 4) is 11.3 Å². The minimum absolute atomic E-state index is 0. The number of aromatic nitrogens is 3. The van der Waals surface area contributed by atoms with E-state index in [0.717, 1.165) is 42.4 Å². The fraction of sp³-hybridized carbons (Fsp3) is 0.357. The lowest BCUT2D eigenvalue weighted by Gasteiger charge is -2.22. The van der Waals surface area contributed by atoms with Crippen molar-refractivity contribution in [3.63, 3.8) is 0 Å². The molecular formula is C28H34ClN7O2. The Bertz CT molecular complexity index is 1500. The number of nitrogens with one attached hydrogen (secondary N) is 1. The minimum atomic E-state index is -0.353. The van der Waals surface area contributed by atoms with Gasteiger partial charge in [-0.3, -0.25) is 10.1 Å². The maximum atomic E-state index is 11.9. The van der Waals surface area contributed by atoms with Crippen LogP contribution in [0.1, 0.15) is 25.0 Å². The zero-order valence-electron chi connectivity index (χ0n) is 21.5. The average Bonchev–Trinajstić information content (AvgIpc) is 3.25. The molecule has 0 aliphatic carbocycles. The second kappa shape index (κ2) is 11.0. The number of nitro groups is 1. The number of rotatable bonds is 8. The molecule has 3 heterocycles. The van der Waals surface area contributed by atoms with Crippen LogP contribution in [0.25, 0.3) is 22.2 Å². The van der Waals surface area contributed by atoms with Crippen LogP contribution in [-0.2, 0) is 13.0 Å². The molecule has 38 heavy (non-hydrogen) atoms. The molecule has 0 unspecified atom stereocenters. The Morgan fingerprint density at radius 3 is 2.74 bits per heavy atom. The second-order valence-electron chi connectivity index (χ2n) is 9.81. The summed E-state index contributed by atoms with van der Waals surface area (Å²) in [5, 5.41) is 16.7. The van der Waals surface area contributed by atoms with Crippen molar-refractivity contribution in [2.45, 2.75) is 33.7 Å². The molecule has 2 aromatic carbocycles. The van der Waals surface area contributed by atoms with Gasteiger partial charge in [0.2, 0.25) is 5.95 Å². The lowest BCUT2D eigenvalue weighted by Crippen LogP contribution is -2.29. The largest absolute Gasteiger partial charge is 0.368 e. The SMILES string of the molecule is C.Cc1cc(N(C)CCN(C)C)c([N+](=O)[O-])cc1Nc1ncc(Cl)c(-c2cn3c4c(cccc24)CCC3)n1. The molecule has 0 saturated carbocycles. The first-order valence-electron chi connectivity index (χ1n) is 12.3. The maximum Gasteiger partial charge on any atom is 0.294 e. The van der Waals surface area contributed by atoms with Crippen LogP contribution in [0.15, 0.2) is 42.7 Å². The van der Waals surface area contributed by atoms with Crippen LogP contribution in [0.3, 0.4) is 0 Å². The molecule has 0 amide bonds. The van der Waals surface area contributed by atoms with Gasteiger partial charge in [0, 0.05) is 49.9 Å². The van der Waals surface area contributed by atoms with Crippen LogP contribution in [0.2, 0.25) is 5.02 Å².